The van der Waals surface area contributed by atoms with Crippen molar-refractivity contribution in [2.24, 2.45) is 5.92 Å². The predicted octanol–water partition coefficient (Wildman–Crippen LogP) is 6.17. The SMILES string of the molecule is C=CCC(=O)Nc1cccc(NC(=O)[C@H]2[C@H](c3cc(Cl)cc(Cl)c3)C2(Cl)Cl)c1F. The van der Waals surface area contributed by atoms with Gasteiger partial charge in [-0.15, -0.1) is 29.8 Å². The second-order valence-corrected chi connectivity index (χ2v) is 8.85. The minimum absolute atomic E-state index is 0.0307. The molecule has 0 radical (unpaired) electrons. The monoisotopic (exact) mass is 474 g/mol. The maximum absolute atomic E-state index is 14.7. The predicted molar refractivity (Wildman–Crippen MR) is 116 cm³/mol. The molecular formula is C20H15Cl4FN2O2. The fourth-order valence-electron chi connectivity index (χ4n) is 3.09. The van der Waals surface area contributed by atoms with Crippen LogP contribution in [0.4, 0.5) is 15.8 Å². The van der Waals surface area contributed by atoms with Gasteiger partial charge >= 0.3 is 0 Å². The van der Waals surface area contributed by atoms with Gasteiger partial charge in [0.2, 0.25) is 11.8 Å². The summed E-state index contributed by atoms with van der Waals surface area (Å²) in [6.07, 6.45) is 1.43. The van der Waals surface area contributed by atoms with Gasteiger partial charge in [0, 0.05) is 22.4 Å². The van der Waals surface area contributed by atoms with Gasteiger partial charge in [0.1, 0.15) is 4.33 Å². The molecule has 152 valence electrons. The summed E-state index contributed by atoms with van der Waals surface area (Å²) in [6.45, 7) is 3.45. The normalized spacial score (nSPS) is 19.3. The van der Waals surface area contributed by atoms with Gasteiger partial charge in [0.25, 0.3) is 0 Å². The Hall–Kier alpha value is -1.79. The van der Waals surface area contributed by atoms with E-state index in [9.17, 15) is 14.0 Å². The lowest BCUT2D eigenvalue weighted by Crippen LogP contribution is -2.19. The van der Waals surface area contributed by atoms with E-state index in [0.29, 0.717) is 15.6 Å². The molecule has 4 nitrogen and oxygen atoms in total. The van der Waals surface area contributed by atoms with Crippen LogP contribution >= 0.6 is 46.4 Å². The summed E-state index contributed by atoms with van der Waals surface area (Å²) >= 11 is 24.6. The molecule has 0 saturated heterocycles. The fourth-order valence-corrected chi connectivity index (χ4v) is 4.46. The molecular weight excluding hydrogens is 461 g/mol. The number of carbonyl (C=O) groups is 2. The Kier molecular flexibility index (Phi) is 6.44. The van der Waals surface area contributed by atoms with Gasteiger partial charge in [0.15, 0.2) is 5.82 Å². The number of nitrogens with one attached hydrogen (secondary N) is 2. The van der Waals surface area contributed by atoms with E-state index >= 15 is 0 Å². The lowest BCUT2D eigenvalue weighted by Gasteiger charge is -2.11. The van der Waals surface area contributed by atoms with Crippen LogP contribution in [0.1, 0.15) is 17.9 Å². The van der Waals surface area contributed by atoms with Crippen molar-refractivity contribution in [3.8, 4) is 0 Å². The van der Waals surface area contributed by atoms with Crippen molar-refractivity contribution in [3.05, 3.63) is 70.5 Å². The molecule has 2 aromatic rings. The van der Waals surface area contributed by atoms with Crippen molar-refractivity contribution >= 4 is 69.6 Å². The third-order valence-corrected chi connectivity index (χ3v) is 5.82. The summed E-state index contributed by atoms with van der Waals surface area (Å²) in [5.74, 6) is -3.16. The molecule has 0 bridgehead atoms. The highest BCUT2D eigenvalue weighted by Crippen LogP contribution is 2.65. The number of amides is 2. The van der Waals surface area contributed by atoms with Gasteiger partial charge in [-0.05, 0) is 35.9 Å². The Morgan fingerprint density at radius 2 is 1.69 bits per heavy atom. The van der Waals surface area contributed by atoms with Gasteiger partial charge in [0.05, 0.1) is 17.3 Å². The first-order chi connectivity index (χ1) is 13.6. The zero-order chi connectivity index (χ0) is 21.3. The zero-order valence-electron chi connectivity index (χ0n) is 14.8. The second-order valence-electron chi connectivity index (χ2n) is 6.53. The summed E-state index contributed by atoms with van der Waals surface area (Å²) in [5.41, 5.74) is 0.440. The number of hydrogen-bond acceptors (Lipinski definition) is 2. The Morgan fingerprint density at radius 1 is 1.10 bits per heavy atom. The molecule has 2 aromatic carbocycles. The smallest absolute Gasteiger partial charge is 0.231 e. The maximum atomic E-state index is 14.7. The van der Waals surface area contributed by atoms with Crippen molar-refractivity contribution in [3.63, 3.8) is 0 Å². The Morgan fingerprint density at radius 3 is 2.28 bits per heavy atom. The molecule has 2 N–H and O–H groups in total. The summed E-state index contributed by atoms with van der Waals surface area (Å²) in [7, 11) is 0. The van der Waals surface area contributed by atoms with Crippen LogP contribution in [-0.2, 0) is 9.59 Å². The fraction of sp³-hybridized carbons (Fsp3) is 0.200. The van der Waals surface area contributed by atoms with Crippen molar-refractivity contribution in [1.29, 1.82) is 0 Å². The van der Waals surface area contributed by atoms with E-state index in [2.05, 4.69) is 17.2 Å². The number of benzene rings is 2. The van der Waals surface area contributed by atoms with Gasteiger partial charge < -0.3 is 10.6 Å². The van der Waals surface area contributed by atoms with Crippen LogP contribution in [-0.4, -0.2) is 16.1 Å². The van der Waals surface area contributed by atoms with E-state index in [-0.39, 0.29) is 17.8 Å². The number of carbonyl (C=O) groups excluding carboxylic acids is 2. The van der Waals surface area contributed by atoms with Crippen LogP contribution in [0, 0.1) is 11.7 Å². The largest absolute Gasteiger partial charge is 0.323 e. The molecule has 1 aliphatic rings. The van der Waals surface area contributed by atoms with Crippen molar-refractivity contribution in [2.45, 2.75) is 16.7 Å². The molecule has 29 heavy (non-hydrogen) atoms. The number of hydrogen-bond donors (Lipinski definition) is 2. The highest BCUT2D eigenvalue weighted by atomic mass is 35.5. The lowest BCUT2D eigenvalue weighted by atomic mass is 10.1. The molecule has 9 heteroatoms. The first kappa shape index (κ1) is 21.9. The summed E-state index contributed by atoms with van der Waals surface area (Å²) in [6, 6.07) is 9.05. The Bertz CT molecular complexity index is 976. The van der Waals surface area contributed by atoms with E-state index in [1.165, 1.54) is 24.3 Å². The molecule has 0 heterocycles. The molecule has 0 spiro atoms. The summed E-state index contributed by atoms with van der Waals surface area (Å²) in [5, 5.41) is 5.67. The summed E-state index contributed by atoms with van der Waals surface area (Å²) < 4.78 is 13.3. The third kappa shape index (κ3) is 4.69. The molecule has 0 aliphatic heterocycles. The van der Waals surface area contributed by atoms with E-state index in [4.69, 9.17) is 46.4 Å². The Balaban J connectivity index is 1.78. The average molecular weight is 476 g/mol. The molecule has 2 amide bonds. The first-order valence-corrected chi connectivity index (χ1v) is 10.00. The molecule has 0 aromatic heterocycles. The van der Waals surface area contributed by atoms with Gasteiger partial charge in [-0.2, -0.15) is 0 Å². The van der Waals surface area contributed by atoms with Gasteiger partial charge in [-0.1, -0.05) is 35.3 Å². The van der Waals surface area contributed by atoms with E-state index in [1.807, 2.05) is 0 Å². The molecule has 1 aliphatic carbocycles. The first-order valence-electron chi connectivity index (χ1n) is 8.49. The van der Waals surface area contributed by atoms with Crippen molar-refractivity contribution in [1.82, 2.24) is 0 Å². The quantitative estimate of drug-likeness (QED) is 0.387. The molecule has 2 atom stereocenters. The van der Waals surface area contributed by atoms with Crippen LogP contribution in [0.3, 0.4) is 0 Å². The number of anilines is 2. The van der Waals surface area contributed by atoms with Gasteiger partial charge in [-0.3, -0.25) is 9.59 Å². The molecule has 1 fully saturated rings. The Labute approximate surface area is 187 Å². The molecule has 0 unspecified atom stereocenters. The molecule has 3 rings (SSSR count). The standard InChI is InChI=1S/C20H15Cl4FN2O2/c1-2-4-15(28)26-13-5-3-6-14(18(13)25)27-19(29)17-16(20(17,23)24)10-7-11(21)9-12(22)8-10/h2-3,5-9,16-17H,1,4H2,(H,26,28)(H,27,29)/t16-,17+/m0/s1. The highest BCUT2D eigenvalue weighted by Gasteiger charge is 2.67. The number of alkyl halides is 2. The lowest BCUT2D eigenvalue weighted by molar-refractivity contribution is -0.117. The highest BCUT2D eigenvalue weighted by molar-refractivity contribution is 6.53. The summed E-state index contributed by atoms with van der Waals surface area (Å²) in [4.78, 5) is 24.4. The van der Waals surface area contributed by atoms with Crippen LogP contribution in [0.25, 0.3) is 0 Å². The number of halogens is 5. The maximum Gasteiger partial charge on any atom is 0.231 e. The average Bonchev–Trinajstić information content (AvgIpc) is 3.20. The second kappa shape index (κ2) is 8.52. The van der Waals surface area contributed by atoms with Crippen LogP contribution in [0.2, 0.25) is 10.0 Å². The van der Waals surface area contributed by atoms with Crippen LogP contribution in [0.5, 0.6) is 0 Å². The van der Waals surface area contributed by atoms with E-state index in [0.717, 1.165) is 0 Å². The minimum Gasteiger partial charge on any atom is -0.323 e. The van der Waals surface area contributed by atoms with Crippen LogP contribution < -0.4 is 10.6 Å². The van der Waals surface area contributed by atoms with E-state index in [1.54, 1.807) is 18.2 Å². The number of rotatable bonds is 6. The third-order valence-electron chi connectivity index (χ3n) is 4.44. The molecule has 1 saturated carbocycles. The van der Waals surface area contributed by atoms with E-state index < -0.39 is 33.8 Å². The topological polar surface area (TPSA) is 58.2 Å². The van der Waals surface area contributed by atoms with Crippen molar-refractivity contribution < 1.29 is 14.0 Å². The van der Waals surface area contributed by atoms with Gasteiger partial charge in [-0.25, -0.2) is 4.39 Å². The van der Waals surface area contributed by atoms with Crippen LogP contribution in [0.15, 0.2) is 49.1 Å². The zero-order valence-corrected chi connectivity index (χ0v) is 17.8. The van der Waals surface area contributed by atoms with Crippen molar-refractivity contribution in [2.75, 3.05) is 10.6 Å². The minimum atomic E-state index is -1.38.